The Hall–Kier alpha value is -0.560. The van der Waals surface area contributed by atoms with E-state index in [9.17, 15) is 9.59 Å². The first kappa shape index (κ1) is 16.5. The Morgan fingerprint density at radius 2 is 2.00 bits per heavy atom. The van der Waals surface area contributed by atoms with Gasteiger partial charge in [0, 0.05) is 18.3 Å². The summed E-state index contributed by atoms with van der Waals surface area (Å²) >= 11 is 3.42. The minimum atomic E-state index is -0.957. The Morgan fingerprint density at radius 1 is 1.37 bits per heavy atom. The van der Waals surface area contributed by atoms with Crippen molar-refractivity contribution in [3.8, 4) is 0 Å². The smallest absolute Gasteiger partial charge is 0.326 e. The monoisotopic (exact) mass is 306 g/mol. The zero-order valence-electron chi connectivity index (χ0n) is 11.4. The number of carbonyl (C=O) groups excluding carboxylic acids is 1. The van der Waals surface area contributed by atoms with Gasteiger partial charge in [-0.05, 0) is 37.5 Å². The molecule has 0 aliphatic carbocycles. The van der Waals surface area contributed by atoms with E-state index in [-0.39, 0.29) is 6.03 Å². The Balaban J connectivity index is 2.42. The molecule has 0 unspecified atom stereocenters. The molecule has 110 valence electrons. The number of nitrogens with zero attached hydrogens (tertiary/aromatic N) is 1. The van der Waals surface area contributed by atoms with E-state index in [1.807, 2.05) is 18.0 Å². The zero-order chi connectivity index (χ0) is 14.3. The van der Waals surface area contributed by atoms with Crippen LogP contribution in [0.3, 0.4) is 0 Å². The molecule has 0 aromatic heterocycles. The van der Waals surface area contributed by atoms with Crippen molar-refractivity contribution in [3.63, 3.8) is 0 Å². The third-order valence-electron chi connectivity index (χ3n) is 3.27. The molecule has 0 aromatic rings. The van der Waals surface area contributed by atoms with E-state index in [1.54, 1.807) is 16.7 Å². The number of likely N-dealkylation sites (tertiary alicyclic amines) is 1. The third-order valence-corrected chi connectivity index (χ3v) is 5.05. The fraction of sp³-hybridized carbons (Fsp3) is 0.833. The van der Waals surface area contributed by atoms with Crippen molar-refractivity contribution in [1.29, 1.82) is 0 Å². The van der Waals surface area contributed by atoms with Crippen LogP contribution < -0.4 is 5.32 Å². The predicted molar refractivity (Wildman–Crippen MR) is 81.1 cm³/mol. The van der Waals surface area contributed by atoms with Gasteiger partial charge in [-0.25, -0.2) is 9.59 Å². The van der Waals surface area contributed by atoms with Crippen LogP contribution in [-0.2, 0) is 4.79 Å². The van der Waals surface area contributed by atoms with Gasteiger partial charge in [-0.15, -0.1) is 0 Å². The minimum absolute atomic E-state index is 0.243. The maximum Gasteiger partial charge on any atom is 0.326 e. The van der Waals surface area contributed by atoms with Gasteiger partial charge in [-0.3, -0.25) is 0 Å². The van der Waals surface area contributed by atoms with Crippen LogP contribution in [0.15, 0.2) is 0 Å². The van der Waals surface area contributed by atoms with Crippen molar-refractivity contribution in [3.05, 3.63) is 0 Å². The van der Waals surface area contributed by atoms with Crippen molar-refractivity contribution in [2.75, 3.05) is 31.4 Å². The van der Waals surface area contributed by atoms with Crippen LogP contribution in [0.2, 0.25) is 0 Å². The highest BCUT2D eigenvalue weighted by Gasteiger charge is 2.26. The van der Waals surface area contributed by atoms with Crippen LogP contribution in [0, 0.1) is 0 Å². The number of rotatable bonds is 6. The molecule has 1 aliphatic heterocycles. The molecule has 0 aromatic carbocycles. The number of aliphatic carboxylic acids is 1. The number of carboxylic acid groups (broad SMARTS) is 1. The molecule has 2 N–H and O–H groups in total. The minimum Gasteiger partial charge on any atom is -0.480 e. The number of piperidine rings is 1. The lowest BCUT2D eigenvalue weighted by molar-refractivity contribution is -0.139. The summed E-state index contributed by atoms with van der Waals surface area (Å²) in [6.07, 6.45) is 6.44. The van der Waals surface area contributed by atoms with Crippen LogP contribution in [0.1, 0.15) is 19.3 Å². The highest BCUT2D eigenvalue weighted by Crippen LogP contribution is 2.20. The van der Waals surface area contributed by atoms with Gasteiger partial charge in [-0.1, -0.05) is 0 Å². The van der Waals surface area contributed by atoms with Crippen LogP contribution in [-0.4, -0.2) is 64.7 Å². The average molecular weight is 306 g/mol. The summed E-state index contributed by atoms with van der Waals surface area (Å²) < 4.78 is 0. The van der Waals surface area contributed by atoms with Gasteiger partial charge in [0.25, 0.3) is 0 Å². The molecule has 1 heterocycles. The molecule has 19 heavy (non-hydrogen) atoms. The topological polar surface area (TPSA) is 69.6 Å². The molecular formula is C12H22N2O3S2. The molecule has 0 radical (unpaired) electrons. The number of carbonyl (C=O) groups is 2. The largest absolute Gasteiger partial charge is 0.480 e. The normalized spacial score (nSPS) is 18.1. The fourth-order valence-corrected chi connectivity index (χ4v) is 3.18. The summed E-state index contributed by atoms with van der Waals surface area (Å²) in [7, 11) is 0. The molecule has 7 heteroatoms. The van der Waals surface area contributed by atoms with Crippen molar-refractivity contribution in [2.45, 2.75) is 30.6 Å². The van der Waals surface area contributed by atoms with E-state index < -0.39 is 12.0 Å². The molecule has 0 spiro atoms. The van der Waals surface area contributed by atoms with Gasteiger partial charge < -0.3 is 15.3 Å². The van der Waals surface area contributed by atoms with E-state index in [1.165, 1.54) is 0 Å². The Labute approximate surface area is 122 Å². The second kappa shape index (κ2) is 8.58. The van der Waals surface area contributed by atoms with E-state index in [2.05, 4.69) is 11.6 Å². The van der Waals surface area contributed by atoms with Crippen molar-refractivity contribution < 1.29 is 14.7 Å². The molecular weight excluding hydrogens is 284 g/mol. The summed E-state index contributed by atoms with van der Waals surface area (Å²) in [5, 5.41) is 12.3. The zero-order valence-corrected chi connectivity index (χ0v) is 13.1. The van der Waals surface area contributed by atoms with Crippen molar-refractivity contribution in [2.24, 2.45) is 0 Å². The predicted octanol–water partition coefficient (Wildman–Crippen LogP) is 1.73. The lowest BCUT2D eigenvalue weighted by Crippen LogP contribution is -2.50. The number of nitrogens with one attached hydrogen (secondary N) is 1. The number of carboxylic acids is 1. The summed E-state index contributed by atoms with van der Waals surface area (Å²) in [4.78, 5) is 24.8. The van der Waals surface area contributed by atoms with E-state index in [0.717, 1.165) is 18.6 Å². The molecule has 1 rings (SSSR count). The van der Waals surface area contributed by atoms with Gasteiger partial charge in [0.2, 0.25) is 0 Å². The molecule has 1 atom stereocenters. The highest BCUT2D eigenvalue weighted by atomic mass is 32.2. The molecule has 0 saturated carbocycles. The van der Waals surface area contributed by atoms with Crippen molar-refractivity contribution >= 4 is 35.5 Å². The Morgan fingerprint density at radius 3 is 2.47 bits per heavy atom. The van der Waals surface area contributed by atoms with Gasteiger partial charge >= 0.3 is 12.0 Å². The van der Waals surface area contributed by atoms with Gasteiger partial charge in [-0.2, -0.15) is 23.5 Å². The Bertz CT molecular complexity index is 307. The van der Waals surface area contributed by atoms with Crippen LogP contribution in [0.4, 0.5) is 4.79 Å². The van der Waals surface area contributed by atoms with E-state index >= 15 is 0 Å². The molecule has 1 fully saturated rings. The maximum absolute atomic E-state index is 12.0. The molecule has 1 aliphatic rings. The number of urea groups is 1. The second-order valence-corrected chi connectivity index (χ2v) is 6.67. The third kappa shape index (κ3) is 5.52. The quantitative estimate of drug-likeness (QED) is 0.782. The first-order chi connectivity index (χ1) is 9.08. The summed E-state index contributed by atoms with van der Waals surface area (Å²) in [6, 6.07) is -1.02. The molecule has 2 amide bonds. The van der Waals surface area contributed by atoms with E-state index in [4.69, 9.17) is 5.11 Å². The van der Waals surface area contributed by atoms with Gasteiger partial charge in [0.05, 0.1) is 0 Å². The second-order valence-electron chi connectivity index (χ2n) is 4.54. The lowest BCUT2D eigenvalue weighted by atomic mass is 10.1. The Kier molecular flexibility index (Phi) is 7.45. The highest BCUT2D eigenvalue weighted by molar-refractivity contribution is 7.99. The fourth-order valence-electron chi connectivity index (χ4n) is 2.03. The lowest BCUT2D eigenvalue weighted by Gasteiger charge is -2.32. The van der Waals surface area contributed by atoms with Crippen molar-refractivity contribution in [1.82, 2.24) is 10.2 Å². The van der Waals surface area contributed by atoms with Crippen LogP contribution in [0.25, 0.3) is 0 Å². The summed E-state index contributed by atoms with van der Waals surface area (Å²) in [6.45, 7) is 1.43. The first-order valence-corrected chi connectivity index (χ1v) is 9.06. The van der Waals surface area contributed by atoms with Gasteiger partial charge in [0.1, 0.15) is 6.04 Å². The summed E-state index contributed by atoms with van der Waals surface area (Å²) in [5.41, 5.74) is 0. The van der Waals surface area contributed by atoms with Crippen LogP contribution in [0.5, 0.6) is 0 Å². The molecule has 5 nitrogen and oxygen atoms in total. The maximum atomic E-state index is 12.0. The summed E-state index contributed by atoms with van der Waals surface area (Å²) in [5.74, 6) is -0.229. The number of amides is 2. The number of thioether (sulfide) groups is 2. The van der Waals surface area contributed by atoms with E-state index in [0.29, 0.717) is 24.8 Å². The standard InChI is InChI=1S/C12H22N2O3S2/c1-18-8-5-10(11(15)16)13-12(17)14-6-3-9(19-2)4-7-14/h9-10H,3-8H2,1-2H3,(H,13,17)(H,15,16)/t10-/m1/s1. The molecule has 1 saturated heterocycles. The van der Waals surface area contributed by atoms with Crippen LogP contribution >= 0.6 is 23.5 Å². The first-order valence-electron chi connectivity index (χ1n) is 6.38. The number of hydrogen-bond donors (Lipinski definition) is 2. The molecule has 0 bridgehead atoms. The SMILES string of the molecule is CSCC[C@@H](NC(=O)N1CCC(SC)CC1)C(=O)O. The average Bonchev–Trinajstić information content (AvgIpc) is 2.43. The van der Waals surface area contributed by atoms with Gasteiger partial charge in [0.15, 0.2) is 0 Å². The number of hydrogen-bond acceptors (Lipinski definition) is 4.